The molecular weight excluding hydrogens is 447 g/mol. The van der Waals surface area contributed by atoms with Gasteiger partial charge in [0.25, 0.3) is 0 Å². The number of anilines is 1. The van der Waals surface area contributed by atoms with Crippen LogP contribution in [0.1, 0.15) is 25.1 Å². The highest BCUT2D eigenvalue weighted by molar-refractivity contribution is 6.37. The van der Waals surface area contributed by atoms with Crippen LogP contribution in [0, 0.1) is 6.92 Å². The highest BCUT2D eigenvalue weighted by Gasteiger charge is 2.17. The Kier molecular flexibility index (Phi) is 6.24. The Morgan fingerprint density at radius 1 is 1.25 bits per heavy atom. The number of aromatic nitrogens is 4. The third-order valence-corrected chi connectivity index (χ3v) is 5.58. The summed E-state index contributed by atoms with van der Waals surface area (Å²) in [6.45, 7) is 6.45. The summed E-state index contributed by atoms with van der Waals surface area (Å²) in [6, 6.07) is 7.83. The van der Waals surface area contributed by atoms with Gasteiger partial charge in [0.05, 0.1) is 22.1 Å². The number of fused-ring (bicyclic) bond motifs is 1. The molecule has 0 saturated carbocycles. The average molecular weight is 471 g/mol. The summed E-state index contributed by atoms with van der Waals surface area (Å²) in [5, 5.41) is 4.96. The summed E-state index contributed by atoms with van der Waals surface area (Å²) < 4.78 is 8.11. The molecule has 0 aliphatic heterocycles. The fourth-order valence-electron chi connectivity index (χ4n) is 3.28. The Morgan fingerprint density at radius 3 is 2.78 bits per heavy atom. The average Bonchev–Trinajstić information content (AvgIpc) is 3.27. The summed E-state index contributed by atoms with van der Waals surface area (Å²) in [6.07, 6.45) is 6.96. The van der Waals surface area contributed by atoms with Gasteiger partial charge in [0.15, 0.2) is 0 Å². The molecule has 166 valence electrons. The molecule has 3 aromatic heterocycles. The summed E-state index contributed by atoms with van der Waals surface area (Å²) >= 11 is 13.0. The zero-order chi connectivity index (χ0) is 22.9. The normalized spacial score (nSPS) is 11.7. The molecule has 3 N–H and O–H groups in total. The van der Waals surface area contributed by atoms with Gasteiger partial charge in [0, 0.05) is 47.3 Å². The Hall–Kier alpha value is -2.87. The van der Waals surface area contributed by atoms with Gasteiger partial charge in [-0.2, -0.15) is 0 Å². The van der Waals surface area contributed by atoms with Gasteiger partial charge in [0.2, 0.25) is 0 Å². The quantitative estimate of drug-likeness (QED) is 0.387. The Labute approximate surface area is 196 Å². The molecule has 0 unspecified atom stereocenters. The first kappa shape index (κ1) is 22.3. The number of aryl methyl sites for hydroxylation is 1. The van der Waals surface area contributed by atoms with E-state index in [1.165, 1.54) is 0 Å². The smallest absolute Gasteiger partial charge is 0.146 e. The van der Waals surface area contributed by atoms with Crippen molar-refractivity contribution in [2.24, 2.45) is 5.73 Å². The Balaban J connectivity index is 1.65. The van der Waals surface area contributed by atoms with Crippen molar-refractivity contribution in [1.82, 2.24) is 19.5 Å². The molecule has 0 bridgehead atoms. The van der Waals surface area contributed by atoms with E-state index in [-0.39, 0.29) is 6.61 Å². The predicted molar refractivity (Wildman–Crippen MR) is 129 cm³/mol. The van der Waals surface area contributed by atoms with E-state index in [0.29, 0.717) is 33.7 Å². The van der Waals surface area contributed by atoms with E-state index in [0.717, 1.165) is 22.3 Å². The van der Waals surface area contributed by atoms with E-state index in [1.807, 2.05) is 55.8 Å². The van der Waals surface area contributed by atoms with Crippen LogP contribution in [0.3, 0.4) is 0 Å². The summed E-state index contributed by atoms with van der Waals surface area (Å²) in [5.74, 6) is 1.15. The molecule has 0 amide bonds. The monoisotopic (exact) mass is 470 g/mol. The lowest BCUT2D eigenvalue weighted by molar-refractivity contribution is 0.309. The van der Waals surface area contributed by atoms with Gasteiger partial charge >= 0.3 is 0 Å². The molecule has 0 aliphatic rings. The second-order valence-corrected chi connectivity index (χ2v) is 9.07. The maximum atomic E-state index is 6.59. The zero-order valence-electron chi connectivity index (χ0n) is 18.1. The molecule has 4 rings (SSSR count). The number of nitrogens with two attached hydrogens (primary N) is 1. The van der Waals surface area contributed by atoms with E-state index < -0.39 is 5.54 Å². The van der Waals surface area contributed by atoms with Crippen LogP contribution in [0.25, 0.3) is 16.6 Å². The highest BCUT2D eigenvalue weighted by Crippen LogP contribution is 2.33. The highest BCUT2D eigenvalue weighted by atomic mass is 35.5. The molecule has 0 atom stereocenters. The third kappa shape index (κ3) is 4.80. The summed E-state index contributed by atoms with van der Waals surface area (Å²) in [7, 11) is 0. The molecule has 0 radical (unpaired) electrons. The summed E-state index contributed by atoms with van der Waals surface area (Å²) in [4.78, 5) is 13.2. The van der Waals surface area contributed by atoms with E-state index in [9.17, 15) is 0 Å². The predicted octanol–water partition coefficient (Wildman–Crippen LogP) is 5.16. The fourth-order valence-corrected chi connectivity index (χ4v) is 3.80. The number of nitrogens with one attached hydrogen (secondary N) is 1. The molecular formula is C23H24Cl2N6O. The van der Waals surface area contributed by atoms with Gasteiger partial charge < -0.3 is 20.4 Å². The molecule has 1 aromatic carbocycles. The number of imidazole rings is 1. The van der Waals surface area contributed by atoms with E-state index in [4.69, 9.17) is 38.7 Å². The standard InChI is InChI=1S/C23H24Cl2N6O/c1-14-9-18(31-8-7-27-13-31)15-5-4-6-19(21(15)30-14)32-11-16-17(24)10-28-22(20(16)25)29-12-23(2,3)26/h4-10,13H,11-12,26H2,1-3H3,(H,28,29). The number of halogens is 2. The Morgan fingerprint density at radius 2 is 2.06 bits per heavy atom. The minimum Gasteiger partial charge on any atom is -0.487 e. The first-order valence-corrected chi connectivity index (χ1v) is 10.9. The SMILES string of the molecule is Cc1cc(-n2ccnc2)c2cccc(OCc3c(Cl)cnc(NCC(C)(C)N)c3Cl)c2n1. The van der Waals surface area contributed by atoms with E-state index in [1.54, 1.807) is 18.7 Å². The van der Waals surface area contributed by atoms with Crippen molar-refractivity contribution < 1.29 is 4.74 Å². The Bertz CT molecular complexity index is 1250. The summed E-state index contributed by atoms with van der Waals surface area (Å²) in [5.41, 5.74) is 8.87. The largest absolute Gasteiger partial charge is 0.487 e. The van der Waals surface area contributed by atoms with Gasteiger partial charge in [0.1, 0.15) is 23.7 Å². The topological polar surface area (TPSA) is 90.9 Å². The van der Waals surface area contributed by atoms with Crippen LogP contribution >= 0.6 is 23.2 Å². The van der Waals surface area contributed by atoms with Crippen molar-refractivity contribution in [2.75, 3.05) is 11.9 Å². The van der Waals surface area contributed by atoms with Gasteiger partial charge in [-0.05, 0) is 32.9 Å². The minimum atomic E-state index is -0.416. The molecule has 0 spiro atoms. The zero-order valence-corrected chi connectivity index (χ0v) is 19.6. The lowest BCUT2D eigenvalue weighted by Gasteiger charge is -2.20. The van der Waals surface area contributed by atoms with Gasteiger partial charge in [-0.3, -0.25) is 0 Å². The molecule has 9 heteroatoms. The number of hydrogen-bond donors (Lipinski definition) is 2. The molecule has 0 fully saturated rings. The van der Waals surface area contributed by atoms with Crippen molar-refractivity contribution in [2.45, 2.75) is 32.9 Å². The number of ether oxygens (including phenoxy) is 1. The van der Waals surface area contributed by atoms with Crippen LogP contribution in [0.4, 0.5) is 5.82 Å². The molecule has 4 aromatic rings. The maximum absolute atomic E-state index is 6.59. The van der Waals surface area contributed by atoms with Crippen molar-refractivity contribution >= 4 is 39.9 Å². The number of para-hydroxylation sites is 1. The van der Waals surface area contributed by atoms with E-state index >= 15 is 0 Å². The van der Waals surface area contributed by atoms with Gasteiger partial charge in [-0.15, -0.1) is 0 Å². The van der Waals surface area contributed by atoms with Crippen molar-refractivity contribution in [1.29, 1.82) is 0 Å². The van der Waals surface area contributed by atoms with Crippen LogP contribution in [-0.2, 0) is 6.61 Å². The van der Waals surface area contributed by atoms with Gasteiger partial charge in [-0.25, -0.2) is 15.0 Å². The second kappa shape index (κ2) is 8.94. The lowest BCUT2D eigenvalue weighted by atomic mass is 10.1. The minimum absolute atomic E-state index is 0.163. The van der Waals surface area contributed by atoms with E-state index in [2.05, 4.69) is 15.3 Å². The lowest BCUT2D eigenvalue weighted by Crippen LogP contribution is -2.39. The third-order valence-electron chi connectivity index (χ3n) is 4.84. The maximum Gasteiger partial charge on any atom is 0.146 e. The van der Waals surface area contributed by atoms with Crippen LogP contribution in [0.2, 0.25) is 10.0 Å². The second-order valence-electron chi connectivity index (χ2n) is 8.28. The molecule has 7 nitrogen and oxygen atoms in total. The van der Waals surface area contributed by atoms with Crippen LogP contribution in [-0.4, -0.2) is 31.6 Å². The number of pyridine rings is 2. The van der Waals surface area contributed by atoms with Crippen molar-refractivity contribution in [3.05, 3.63) is 70.5 Å². The van der Waals surface area contributed by atoms with Crippen LogP contribution in [0.15, 0.2) is 49.2 Å². The molecule has 0 aliphatic carbocycles. The first-order valence-electron chi connectivity index (χ1n) is 10.1. The van der Waals surface area contributed by atoms with Crippen LogP contribution < -0.4 is 15.8 Å². The van der Waals surface area contributed by atoms with Crippen LogP contribution in [0.5, 0.6) is 5.75 Å². The fraction of sp³-hybridized carbons (Fsp3) is 0.261. The van der Waals surface area contributed by atoms with Crippen molar-refractivity contribution in [3.63, 3.8) is 0 Å². The molecule has 0 saturated heterocycles. The molecule has 32 heavy (non-hydrogen) atoms. The van der Waals surface area contributed by atoms with Crippen molar-refractivity contribution in [3.8, 4) is 11.4 Å². The first-order chi connectivity index (χ1) is 15.2. The number of rotatable bonds is 7. The number of benzene rings is 1. The molecule has 3 heterocycles. The number of nitrogens with zero attached hydrogens (tertiary/aromatic N) is 4. The van der Waals surface area contributed by atoms with Gasteiger partial charge in [-0.1, -0.05) is 35.3 Å². The number of hydrogen-bond acceptors (Lipinski definition) is 6.